The van der Waals surface area contributed by atoms with Crippen molar-refractivity contribution in [1.29, 1.82) is 10.5 Å². The van der Waals surface area contributed by atoms with Gasteiger partial charge in [0.1, 0.15) is 6.10 Å². The van der Waals surface area contributed by atoms with Gasteiger partial charge in [-0.3, -0.25) is 0 Å². The average molecular weight is 948 g/mol. The van der Waals surface area contributed by atoms with E-state index in [1.54, 1.807) is 12.1 Å². The molecule has 4 heterocycles. The van der Waals surface area contributed by atoms with Gasteiger partial charge in [0.25, 0.3) is 0 Å². The molecule has 0 aromatic heterocycles. The van der Waals surface area contributed by atoms with Crippen LogP contribution in [-0.4, -0.2) is 101 Å². The van der Waals surface area contributed by atoms with E-state index >= 15 is 0 Å². The Labute approximate surface area is 396 Å². The molecule has 4 aliphatic heterocycles. The van der Waals surface area contributed by atoms with Crippen molar-refractivity contribution in [3.63, 3.8) is 0 Å². The van der Waals surface area contributed by atoms with Crippen LogP contribution < -0.4 is 29.6 Å². The fourth-order valence-corrected chi connectivity index (χ4v) is 9.81. The number of aliphatic hydroxyl groups is 1. The van der Waals surface area contributed by atoms with E-state index in [1.807, 2.05) is 83.1 Å². The fraction of sp³-hybridized carbons (Fsp3) is 0.580. The highest BCUT2D eigenvalue weighted by Gasteiger charge is 2.44. The average Bonchev–Trinajstić information content (AvgIpc) is 4.12. The molecular formula is C50H69N5O11S. The van der Waals surface area contributed by atoms with Gasteiger partial charge in [-0.05, 0) is 84.7 Å². The molecule has 0 unspecified atom stereocenters. The monoisotopic (exact) mass is 947 g/mol. The Kier molecular flexibility index (Phi) is 19.5. The van der Waals surface area contributed by atoms with Crippen LogP contribution in [-0.2, 0) is 30.7 Å². The number of hydrogen-bond acceptors (Lipinski definition) is 14. The minimum atomic E-state index is -3.66. The van der Waals surface area contributed by atoms with Crippen molar-refractivity contribution in [2.75, 3.05) is 53.0 Å². The molecule has 0 spiro atoms. The Morgan fingerprint density at radius 1 is 0.881 bits per heavy atom. The van der Waals surface area contributed by atoms with Gasteiger partial charge in [-0.2, -0.15) is 14.8 Å². The van der Waals surface area contributed by atoms with Crippen molar-refractivity contribution < 1.29 is 51.5 Å². The molecule has 0 bridgehead atoms. The van der Waals surface area contributed by atoms with E-state index in [-0.39, 0.29) is 46.7 Å². The van der Waals surface area contributed by atoms with Gasteiger partial charge in [0.05, 0.1) is 48.3 Å². The van der Waals surface area contributed by atoms with E-state index < -0.39 is 28.3 Å². The summed E-state index contributed by atoms with van der Waals surface area (Å²) >= 11 is 0. The van der Waals surface area contributed by atoms with E-state index in [2.05, 4.69) is 36.6 Å². The van der Waals surface area contributed by atoms with Gasteiger partial charge >= 0.3 is 6.09 Å². The summed E-state index contributed by atoms with van der Waals surface area (Å²) < 4.78 is 65.4. The number of rotatable bonds is 19. The summed E-state index contributed by atoms with van der Waals surface area (Å²) in [5, 5.41) is 34.7. The molecule has 7 rings (SSSR count). The highest BCUT2D eigenvalue weighted by atomic mass is 32.2. The summed E-state index contributed by atoms with van der Waals surface area (Å²) in [5.41, 5.74) is 1.87. The first-order valence-corrected chi connectivity index (χ1v) is 24.5. The van der Waals surface area contributed by atoms with E-state index in [0.717, 1.165) is 29.9 Å². The van der Waals surface area contributed by atoms with Crippen molar-refractivity contribution >= 4 is 16.1 Å². The number of alkyl carbamates (subject to hydrolysis) is 1. The van der Waals surface area contributed by atoms with Gasteiger partial charge in [-0.1, -0.05) is 77.9 Å². The third kappa shape index (κ3) is 16.3. The Hall–Kier alpha value is -5.14. The number of aliphatic hydroxyl groups excluding tert-OH is 1. The predicted octanol–water partition coefficient (Wildman–Crippen LogP) is 7.48. The van der Waals surface area contributed by atoms with Crippen molar-refractivity contribution in [2.24, 2.45) is 22.7 Å². The zero-order valence-electron chi connectivity index (χ0n) is 40.0. The van der Waals surface area contributed by atoms with E-state index in [1.165, 1.54) is 15.9 Å². The molecule has 67 heavy (non-hydrogen) atoms. The van der Waals surface area contributed by atoms with Crippen LogP contribution in [0.1, 0.15) is 84.8 Å². The largest absolute Gasteiger partial charge is 0.454 e. The number of sulfonamides is 1. The highest BCUT2D eigenvalue weighted by Crippen LogP contribution is 2.37. The standard InChI is InChI=1S/C24H35N3O5.C18H26N2O4S.C8H8O2/c1-24(2,10-6-11-25)16-26-14-20(28)19(13-17-7-4-3-5-8-17)27-23(29)32-21-15-31-22-18(21)9-12-30-22;1-14(2)11-20(12-18(3,4)8-5-9-19)25(21,22)15-6-7-16-17(10-15)24-13-23-16;1-6-2-3-7-8(4-6)10-5-9-7/h3-5,7-8,18-22,26,28H,6,9-10,12-16H2,1-2H3,(H,27,29);6-7,10,14H,5,8,11-13H2,1-4H3;2-4H,5H2,1H3/t18-,19-,20+,21-,22+;;/m0../s1. The van der Waals surface area contributed by atoms with Crippen LogP contribution in [0.2, 0.25) is 0 Å². The van der Waals surface area contributed by atoms with Crippen LogP contribution >= 0.6 is 0 Å². The number of aryl methyl sites for hydroxylation is 1. The molecule has 0 radical (unpaired) electrons. The lowest BCUT2D eigenvalue weighted by molar-refractivity contribution is -0.0907. The van der Waals surface area contributed by atoms with Crippen molar-refractivity contribution in [3.8, 4) is 35.1 Å². The Bertz CT molecular complexity index is 2250. The number of ether oxygens (including phenoxy) is 7. The Morgan fingerprint density at radius 2 is 1.51 bits per heavy atom. The third-order valence-electron chi connectivity index (χ3n) is 11.8. The molecule has 16 nitrogen and oxygen atoms in total. The lowest BCUT2D eigenvalue weighted by Gasteiger charge is -2.32. The van der Waals surface area contributed by atoms with Gasteiger partial charge < -0.3 is 48.9 Å². The number of carbonyl (C=O) groups excluding carboxylic acids is 1. The number of nitrogens with zero attached hydrogens (tertiary/aromatic N) is 3. The zero-order valence-corrected chi connectivity index (χ0v) is 40.8. The second-order valence-electron chi connectivity index (χ2n) is 19.3. The molecular weight excluding hydrogens is 879 g/mol. The van der Waals surface area contributed by atoms with Gasteiger partial charge in [0.15, 0.2) is 29.3 Å². The minimum absolute atomic E-state index is 0.0564. The normalized spacial score (nSPS) is 19.0. The number of hydrogen-bond donors (Lipinski definition) is 3. The first kappa shape index (κ1) is 52.8. The second-order valence-corrected chi connectivity index (χ2v) is 21.3. The number of nitrogens with one attached hydrogen (secondary N) is 2. The number of nitriles is 2. The topological polar surface area (TPSA) is 211 Å². The first-order chi connectivity index (χ1) is 31.9. The molecule has 0 aliphatic carbocycles. The number of fused-ring (bicyclic) bond motifs is 3. The third-order valence-corrected chi connectivity index (χ3v) is 13.6. The quantitative estimate of drug-likeness (QED) is 0.106. The van der Waals surface area contributed by atoms with Crippen molar-refractivity contribution in [1.82, 2.24) is 14.9 Å². The number of amides is 1. The molecule has 4 aliphatic rings. The highest BCUT2D eigenvalue weighted by molar-refractivity contribution is 7.89. The predicted molar refractivity (Wildman–Crippen MR) is 251 cm³/mol. The van der Waals surface area contributed by atoms with E-state index in [0.29, 0.717) is 83.4 Å². The molecule has 2 fully saturated rings. The Morgan fingerprint density at radius 3 is 2.16 bits per heavy atom. The van der Waals surface area contributed by atoms with Crippen LogP contribution in [0.25, 0.3) is 0 Å². The van der Waals surface area contributed by atoms with Crippen LogP contribution in [0.5, 0.6) is 23.0 Å². The maximum absolute atomic E-state index is 13.2. The molecule has 3 aromatic rings. The maximum atomic E-state index is 13.2. The molecule has 366 valence electrons. The zero-order chi connectivity index (χ0) is 48.6. The van der Waals surface area contributed by atoms with Gasteiger partial charge in [0.2, 0.25) is 23.6 Å². The van der Waals surface area contributed by atoms with Crippen LogP contribution in [0, 0.1) is 52.3 Å². The van der Waals surface area contributed by atoms with Crippen LogP contribution in [0.3, 0.4) is 0 Å². The number of benzene rings is 3. The Balaban J connectivity index is 0.000000211. The van der Waals surface area contributed by atoms with E-state index in [9.17, 15) is 18.3 Å². The summed E-state index contributed by atoms with van der Waals surface area (Å²) in [6, 6.07) is 24.2. The first-order valence-electron chi connectivity index (χ1n) is 23.0. The molecule has 3 aromatic carbocycles. The molecule has 0 saturated carbocycles. The van der Waals surface area contributed by atoms with Gasteiger partial charge in [0, 0.05) is 45.1 Å². The lowest BCUT2D eigenvalue weighted by atomic mass is 9.88. The summed E-state index contributed by atoms with van der Waals surface area (Å²) in [6.45, 7) is 17.3. The summed E-state index contributed by atoms with van der Waals surface area (Å²) in [6.07, 6.45) is 1.64. The molecule has 3 N–H and O–H groups in total. The molecule has 5 atom stereocenters. The molecule has 1 amide bonds. The van der Waals surface area contributed by atoms with Crippen molar-refractivity contribution in [2.45, 2.75) is 116 Å². The smallest absolute Gasteiger partial charge is 0.407 e. The number of carbonyl (C=O) groups is 1. The lowest BCUT2D eigenvalue weighted by Crippen LogP contribution is -2.50. The summed E-state index contributed by atoms with van der Waals surface area (Å²) in [5.74, 6) is 2.98. The van der Waals surface area contributed by atoms with Crippen molar-refractivity contribution in [3.05, 3.63) is 77.9 Å². The van der Waals surface area contributed by atoms with Gasteiger partial charge in [-0.25, -0.2) is 13.2 Å². The molecule has 2 saturated heterocycles. The SMILES string of the molecule is CC(C)(CCC#N)CNC[C@@H](O)[C@H](Cc1ccccc1)NC(=O)O[C@H]1CO[C@H]2OCC[C@H]21.CC(C)CN(CC(C)(C)CCC#N)S(=O)(=O)c1ccc2c(c1)OCO2.Cc1ccc2c(c1)OCO2. The maximum Gasteiger partial charge on any atom is 0.407 e. The van der Waals surface area contributed by atoms with Crippen LogP contribution in [0.4, 0.5) is 4.79 Å². The van der Waals surface area contributed by atoms with E-state index in [4.69, 9.17) is 43.7 Å². The van der Waals surface area contributed by atoms with Crippen LogP contribution in [0.15, 0.2) is 71.6 Å². The minimum Gasteiger partial charge on any atom is -0.454 e. The summed E-state index contributed by atoms with van der Waals surface area (Å²) in [7, 11) is -3.66. The second kappa shape index (κ2) is 24.8. The van der Waals surface area contributed by atoms with Gasteiger partial charge in [-0.15, -0.1) is 0 Å². The summed E-state index contributed by atoms with van der Waals surface area (Å²) in [4.78, 5) is 12.9. The fourth-order valence-electron chi connectivity index (χ4n) is 8.00. The molecule has 17 heteroatoms.